The number of rotatable bonds is 8. The molecular weight excluding hydrogens is 384 g/mol. The van der Waals surface area contributed by atoms with Crippen LogP contribution in [0.2, 0.25) is 0 Å². The van der Waals surface area contributed by atoms with E-state index in [-0.39, 0.29) is 0 Å². The highest BCUT2D eigenvalue weighted by Gasteiger charge is 2.25. The van der Waals surface area contributed by atoms with Crippen LogP contribution in [0.15, 0.2) is 6.33 Å². The number of nitrogens with zero attached hydrogens (tertiary/aromatic N) is 4. The van der Waals surface area contributed by atoms with Gasteiger partial charge in [-0.05, 0) is 57.1 Å². The van der Waals surface area contributed by atoms with Gasteiger partial charge in [0.05, 0.1) is 22.4 Å². The van der Waals surface area contributed by atoms with Crippen LogP contribution in [0.3, 0.4) is 0 Å². The third-order valence-electron chi connectivity index (χ3n) is 5.57. The van der Waals surface area contributed by atoms with Crippen LogP contribution in [-0.4, -0.2) is 50.5 Å². The monoisotopic (exact) mass is 414 g/mol. The number of hydrogen-bond acceptors (Lipinski definition) is 7. The number of unbranched alkanes of at least 4 members (excludes halogenated alkanes) is 1. The van der Waals surface area contributed by atoms with Crippen molar-refractivity contribution >= 4 is 37.6 Å². The Hall–Kier alpha value is -1.83. The lowest BCUT2D eigenvalue weighted by atomic mass is 10.0. The Balaban J connectivity index is 1.90. The summed E-state index contributed by atoms with van der Waals surface area (Å²) >= 11 is 1.64. The molecule has 0 saturated heterocycles. The molecule has 0 amide bonds. The Morgan fingerprint density at radius 1 is 1.10 bits per heavy atom. The van der Waals surface area contributed by atoms with Crippen molar-refractivity contribution in [2.75, 3.05) is 18.0 Å². The van der Waals surface area contributed by atoms with Crippen molar-refractivity contribution in [2.24, 2.45) is 0 Å². The summed E-state index contributed by atoms with van der Waals surface area (Å²) in [6.45, 7) is 6.57. The number of aliphatic hydroxyl groups is 2. The molecule has 7 heteroatoms. The highest BCUT2D eigenvalue weighted by molar-refractivity contribution is 7.26. The molecule has 0 fully saturated rings. The fraction of sp³-hybridized carbons (Fsp3) is 0.591. The summed E-state index contributed by atoms with van der Waals surface area (Å²) in [7, 11) is 0. The van der Waals surface area contributed by atoms with Crippen LogP contribution in [-0.2, 0) is 19.3 Å². The minimum atomic E-state index is -0.517. The van der Waals surface area contributed by atoms with E-state index in [9.17, 15) is 10.2 Å². The first-order valence-electron chi connectivity index (χ1n) is 10.7. The highest BCUT2D eigenvalue weighted by Crippen LogP contribution is 2.42. The average molecular weight is 415 g/mol. The number of hydrogen-bond donors (Lipinski definition) is 2. The van der Waals surface area contributed by atoms with E-state index in [0.29, 0.717) is 13.1 Å². The molecule has 0 saturated carbocycles. The predicted molar refractivity (Wildman–Crippen MR) is 119 cm³/mol. The van der Waals surface area contributed by atoms with E-state index in [4.69, 9.17) is 4.98 Å². The summed E-state index contributed by atoms with van der Waals surface area (Å²) < 4.78 is 0.998. The number of pyridine rings is 1. The highest BCUT2D eigenvalue weighted by atomic mass is 32.1. The van der Waals surface area contributed by atoms with E-state index >= 15 is 0 Å². The molecule has 2 unspecified atom stereocenters. The van der Waals surface area contributed by atoms with Crippen molar-refractivity contribution in [3.63, 3.8) is 0 Å². The molecule has 0 bridgehead atoms. The maximum atomic E-state index is 9.98. The molecule has 156 valence electrons. The normalized spacial score (nSPS) is 15.8. The number of aryl methyl sites for hydroxylation is 2. The van der Waals surface area contributed by atoms with Crippen molar-refractivity contribution in [2.45, 2.75) is 71.5 Å². The van der Waals surface area contributed by atoms with Gasteiger partial charge in [0, 0.05) is 24.2 Å². The Kier molecular flexibility index (Phi) is 5.99. The molecule has 0 radical (unpaired) electrons. The van der Waals surface area contributed by atoms with Gasteiger partial charge in [0.2, 0.25) is 0 Å². The number of fused-ring (bicyclic) bond motifs is 5. The van der Waals surface area contributed by atoms with Crippen LogP contribution < -0.4 is 4.90 Å². The number of aromatic nitrogens is 3. The summed E-state index contributed by atoms with van der Waals surface area (Å²) in [6.07, 6.45) is 7.33. The van der Waals surface area contributed by atoms with Gasteiger partial charge in [-0.1, -0.05) is 13.3 Å². The van der Waals surface area contributed by atoms with E-state index in [2.05, 4.69) is 16.9 Å². The minimum absolute atomic E-state index is 0.415. The van der Waals surface area contributed by atoms with E-state index in [1.165, 1.54) is 35.0 Å². The number of anilines is 1. The Morgan fingerprint density at radius 2 is 1.83 bits per heavy atom. The lowest BCUT2D eigenvalue weighted by molar-refractivity contribution is 0.178. The fourth-order valence-corrected chi connectivity index (χ4v) is 5.62. The van der Waals surface area contributed by atoms with Gasteiger partial charge in [-0.2, -0.15) is 0 Å². The molecule has 3 heterocycles. The predicted octanol–water partition coefficient (Wildman–Crippen LogP) is 3.64. The third-order valence-corrected chi connectivity index (χ3v) is 6.64. The lowest BCUT2D eigenvalue weighted by Crippen LogP contribution is -2.37. The summed E-state index contributed by atoms with van der Waals surface area (Å²) in [5, 5.41) is 21.1. The summed E-state index contributed by atoms with van der Waals surface area (Å²) in [5.74, 6) is 0.779. The maximum Gasteiger partial charge on any atom is 0.150 e. The van der Waals surface area contributed by atoms with Crippen LogP contribution in [0.1, 0.15) is 56.9 Å². The molecular formula is C22H30N4O2S. The molecule has 0 aliphatic heterocycles. The van der Waals surface area contributed by atoms with Gasteiger partial charge in [0.25, 0.3) is 0 Å². The van der Waals surface area contributed by atoms with E-state index in [0.717, 1.165) is 46.5 Å². The quantitative estimate of drug-likeness (QED) is 0.586. The van der Waals surface area contributed by atoms with Gasteiger partial charge >= 0.3 is 0 Å². The first kappa shape index (κ1) is 20.4. The van der Waals surface area contributed by atoms with E-state index in [1.54, 1.807) is 31.5 Å². The van der Waals surface area contributed by atoms with Crippen molar-refractivity contribution in [3.05, 3.63) is 23.1 Å². The summed E-state index contributed by atoms with van der Waals surface area (Å²) in [6, 6.07) is 0. The van der Waals surface area contributed by atoms with Gasteiger partial charge in [-0.3, -0.25) is 0 Å². The number of thiophene rings is 1. The Labute approximate surface area is 175 Å². The average Bonchev–Trinajstić information content (AvgIpc) is 3.28. The number of aliphatic hydroxyl groups excluding tert-OH is 2. The molecule has 29 heavy (non-hydrogen) atoms. The van der Waals surface area contributed by atoms with E-state index in [1.807, 2.05) is 4.90 Å². The Bertz CT molecular complexity index is 1010. The van der Waals surface area contributed by atoms with Crippen LogP contribution in [0, 0.1) is 0 Å². The first-order chi connectivity index (χ1) is 14.0. The fourth-order valence-electron chi connectivity index (χ4n) is 4.43. The van der Waals surface area contributed by atoms with Crippen molar-refractivity contribution in [1.82, 2.24) is 15.0 Å². The van der Waals surface area contributed by atoms with Crippen molar-refractivity contribution < 1.29 is 10.2 Å². The van der Waals surface area contributed by atoms with E-state index < -0.39 is 12.2 Å². The molecule has 4 rings (SSSR count). The maximum absolute atomic E-state index is 9.98. The SMILES string of the molecule is CCCCc1nc2sc3c(N(CC(C)O)CC(C)O)ncnc3c2c2c1CCC2. The molecule has 0 spiro atoms. The topological polar surface area (TPSA) is 82.4 Å². The van der Waals surface area contributed by atoms with Gasteiger partial charge < -0.3 is 15.1 Å². The second-order valence-electron chi connectivity index (χ2n) is 8.23. The molecule has 3 aromatic rings. The zero-order chi connectivity index (χ0) is 20.5. The second kappa shape index (κ2) is 8.50. The van der Waals surface area contributed by atoms with Gasteiger partial charge in [-0.15, -0.1) is 11.3 Å². The molecule has 2 N–H and O–H groups in total. The molecule has 1 aliphatic carbocycles. The van der Waals surface area contributed by atoms with Crippen LogP contribution in [0.25, 0.3) is 20.4 Å². The molecule has 0 aromatic carbocycles. The van der Waals surface area contributed by atoms with Gasteiger partial charge in [-0.25, -0.2) is 15.0 Å². The molecule has 6 nitrogen and oxygen atoms in total. The van der Waals surface area contributed by atoms with Crippen LogP contribution in [0.4, 0.5) is 5.82 Å². The Morgan fingerprint density at radius 3 is 2.52 bits per heavy atom. The summed E-state index contributed by atoms with van der Waals surface area (Å²) in [5.41, 5.74) is 5.09. The molecule has 3 aromatic heterocycles. The zero-order valence-electron chi connectivity index (χ0n) is 17.5. The molecule has 1 aliphatic rings. The first-order valence-corrected chi connectivity index (χ1v) is 11.5. The second-order valence-corrected chi connectivity index (χ2v) is 9.23. The smallest absolute Gasteiger partial charge is 0.150 e. The summed E-state index contributed by atoms with van der Waals surface area (Å²) in [4.78, 5) is 17.3. The van der Waals surface area contributed by atoms with Crippen molar-refractivity contribution in [1.29, 1.82) is 0 Å². The molecule has 2 atom stereocenters. The van der Waals surface area contributed by atoms with Crippen LogP contribution >= 0.6 is 11.3 Å². The largest absolute Gasteiger partial charge is 0.392 e. The van der Waals surface area contributed by atoms with Gasteiger partial charge in [0.1, 0.15) is 17.0 Å². The lowest BCUT2D eigenvalue weighted by Gasteiger charge is -2.26. The van der Waals surface area contributed by atoms with Crippen LogP contribution in [0.5, 0.6) is 0 Å². The van der Waals surface area contributed by atoms with Crippen molar-refractivity contribution in [3.8, 4) is 0 Å². The minimum Gasteiger partial charge on any atom is -0.392 e. The van der Waals surface area contributed by atoms with Gasteiger partial charge in [0.15, 0.2) is 0 Å². The zero-order valence-corrected chi connectivity index (χ0v) is 18.3. The standard InChI is InChI=1S/C22H30N4O2S/c1-4-5-9-17-15-7-6-8-16(15)18-19-20(29-22(18)25-17)21(24-12-23-19)26(10-13(2)27)11-14(3)28/h12-14,27-28H,4-11H2,1-3H3. The third kappa shape index (κ3) is 3.96.